The summed E-state index contributed by atoms with van der Waals surface area (Å²) in [6, 6.07) is 20.2. The van der Waals surface area contributed by atoms with Gasteiger partial charge in [0.2, 0.25) is 0 Å². The fraction of sp³-hybridized carbons (Fsp3) is 0.576. The lowest BCUT2D eigenvalue weighted by Gasteiger charge is -2.40. The highest BCUT2D eigenvalue weighted by molar-refractivity contribution is 5.29. The molecule has 0 spiro atoms. The monoisotopic (exact) mass is 503 g/mol. The van der Waals surface area contributed by atoms with Gasteiger partial charge in [0.05, 0.1) is 13.2 Å². The zero-order chi connectivity index (χ0) is 25.9. The van der Waals surface area contributed by atoms with Gasteiger partial charge in [-0.3, -0.25) is 4.90 Å². The Kier molecular flexibility index (Phi) is 10.8. The lowest BCUT2D eigenvalue weighted by molar-refractivity contribution is 0.121. The minimum atomic E-state index is 0.226. The SMILES string of the molecule is CCCC[C@H](C1=CNC(c2ccccc2)N1CCCC)N(Cc1ccc(OC)cc1)CC1CCCCC1. The van der Waals surface area contributed by atoms with Gasteiger partial charge in [0.25, 0.3) is 0 Å². The standard InChI is InChI=1S/C33H49N3O/c1-4-6-18-31(32-24-34-33(36(32)23-7-5-2)29-16-12-9-13-17-29)35(25-27-14-10-8-11-15-27)26-28-19-21-30(37-3)22-20-28/h9,12-13,16-17,19-22,24,27,31,33-34H,4-8,10-11,14-15,18,23,25-26H2,1-3H3/t31-,33?/m1/s1. The molecule has 4 heteroatoms. The van der Waals surface area contributed by atoms with Crippen molar-refractivity contribution in [2.75, 3.05) is 20.2 Å². The van der Waals surface area contributed by atoms with Crippen LogP contribution in [-0.2, 0) is 6.54 Å². The molecule has 1 unspecified atom stereocenters. The van der Waals surface area contributed by atoms with Crippen LogP contribution in [0.1, 0.15) is 95.3 Å². The van der Waals surface area contributed by atoms with Gasteiger partial charge in [-0.15, -0.1) is 0 Å². The molecule has 1 N–H and O–H groups in total. The number of ether oxygens (including phenoxy) is 1. The molecule has 2 aromatic rings. The van der Waals surface area contributed by atoms with Gasteiger partial charge < -0.3 is 15.0 Å². The van der Waals surface area contributed by atoms with Gasteiger partial charge in [-0.25, -0.2) is 0 Å². The molecule has 0 bridgehead atoms. The van der Waals surface area contributed by atoms with Crippen LogP contribution in [0.5, 0.6) is 5.75 Å². The molecule has 1 heterocycles. The van der Waals surface area contributed by atoms with E-state index in [1.165, 1.54) is 87.6 Å². The summed E-state index contributed by atoms with van der Waals surface area (Å²) in [4.78, 5) is 5.51. The summed E-state index contributed by atoms with van der Waals surface area (Å²) in [6.07, 6.45) is 15.6. The van der Waals surface area contributed by atoms with E-state index < -0.39 is 0 Å². The Bertz CT molecular complexity index is 936. The Morgan fingerprint density at radius 1 is 0.946 bits per heavy atom. The maximum atomic E-state index is 5.45. The van der Waals surface area contributed by atoms with Crippen molar-refractivity contribution < 1.29 is 4.74 Å². The minimum absolute atomic E-state index is 0.226. The smallest absolute Gasteiger partial charge is 0.125 e. The van der Waals surface area contributed by atoms with Crippen molar-refractivity contribution >= 4 is 0 Å². The van der Waals surface area contributed by atoms with E-state index in [1.54, 1.807) is 7.11 Å². The largest absolute Gasteiger partial charge is 0.497 e. The van der Waals surface area contributed by atoms with E-state index in [1.807, 2.05) is 0 Å². The van der Waals surface area contributed by atoms with Crippen LogP contribution in [0.2, 0.25) is 0 Å². The van der Waals surface area contributed by atoms with E-state index in [0.29, 0.717) is 6.04 Å². The average Bonchev–Trinajstić information content (AvgIpc) is 3.37. The van der Waals surface area contributed by atoms with Crippen LogP contribution in [0, 0.1) is 5.92 Å². The molecular formula is C33H49N3O. The second-order valence-electron chi connectivity index (χ2n) is 11.0. The summed E-state index contributed by atoms with van der Waals surface area (Å²) in [5, 5.41) is 3.80. The van der Waals surface area contributed by atoms with Crippen molar-refractivity contribution in [2.45, 2.75) is 96.8 Å². The Morgan fingerprint density at radius 3 is 2.35 bits per heavy atom. The second-order valence-corrected chi connectivity index (χ2v) is 11.0. The highest BCUT2D eigenvalue weighted by Crippen LogP contribution is 2.35. The van der Waals surface area contributed by atoms with Crippen molar-refractivity contribution in [3.05, 3.63) is 77.6 Å². The second kappa shape index (κ2) is 14.5. The molecule has 0 amide bonds. The van der Waals surface area contributed by atoms with Gasteiger partial charge in [-0.1, -0.05) is 94.8 Å². The first-order valence-corrected chi connectivity index (χ1v) is 14.9. The molecule has 2 atom stereocenters. The summed E-state index contributed by atoms with van der Waals surface area (Å²) < 4.78 is 5.45. The zero-order valence-electron chi connectivity index (χ0n) is 23.5. The summed E-state index contributed by atoms with van der Waals surface area (Å²) >= 11 is 0. The number of methoxy groups -OCH3 is 1. The van der Waals surface area contributed by atoms with Gasteiger partial charge in [-0.2, -0.15) is 0 Å². The van der Waals surface area contributed by atoms with E-state index >= 15 is 0 Å². The third-order valence-electron chi connectivity index (χ3n) is 8.28. The molecule has 0 radical (unpaired) electrons. The molecule has 0 aromatic heterocycles. The Hall–Kier alpha value is -2.46. The summed E-state index contributed by atoms with van der Waals surface area (Å²) in [5.41, 5.74) is 4.22. The number of rotatable bonds is 14. The van der Waals surface area contributed by atoms with E-state index in [9.17, 15) is 0 Å². The third kappa shape index (κ3) is 7.54. The van der Waals surface area contributed by atoms with Gasteiger partial charge in [0.15, 0.2) is 0 Å². The fourth-order valence-electron chi connectivity index (χ4n) is 6.16. The van der Waals surface area contributed by atoms with Crippen LogP contribution >= 0.6 is 0 Å². The Labute approximate surface area is 226 Å². The highest BCUT2D eigenvalue weighted by atomic mass is 16.5. The first-order valence-electron chi connectivity index (χ1n) is 14.9. The molecule has 2 aliphatic rings. The molecule has 202 valence electrons. The number of hydrogen-bond acceptors (Lipinski definition) is 4. The van der Waals surface area contributed by atoms with Crippen molar-refractivity contribution in [3.63, 3.8) is 0 Å². The van der Waals surface area contributed by atoms with Crippen LogP contribution in [0.3, 0.4) is 0 Å². The van der Waals surface area contributed by atoms with Crippen LogP contribution < -0.4 is 10.1 Å². The van der Waals surface area contributed by atoms with Crippen molar-refractivity contribution in [3.8, 4) is 5.75 Å². The minimum Gasteiger partial charge on any atom is -0.497 e. The average molecular weight is 504 g/mol. The quantitative estimate of drug-likeness (QED) is 0.284. The van der Waals surface area contributed by atoms with E-state index in [2.05, 4.69) is 89.8 Å². The fourth-order valence-corrected chi connectivity index (χ4v) is 6.16. The van der Waals surface area contributed by atoms with Crippen LogP contribution in [0.4, 0.5) is 0 Å². The molecule has 4 nitrogen and oxygen atoms in total. The highest BCUT2D eigenvalue weighted by Gasteiger charge is 2.34. The zero-order valence-corrected chi connectivity index (χ0v) is 23.5. The summed E-state index contributed by atoms with van der Waals surface area (Å²) in [6.45, 7) is 7.91. The third-order valence-corrected chi connectivity index (χ3v) is 8.28. The summed E-state index contributed by atoms with van der Waals surface area (Å²) in [7, 11) is 1.75. The number of unbranched alkanes of at least 4 members (excludes halogenated alkanes) is 2. The molecule has 0 saturated heterocycles. The number of nitrogens with zero attached hydrogens (tertiary/aromatic N) is 2. The van der Waals surface area contributed by atoms with Gasteiger partial charge >= 0.3 is 0 Å². The van der Waals surface area contributed by atoms with Crippen LogP contribution in [0.25, 0.3) is 0 Å². The summed E-state index contributed by atoms with van der Waals surface area (Å²) in [5.74, 6) is 1.74. The van der Waals surface area contributed by atoms with E-state index in [-0.39, 0.29) is 6.17 Å². The number of nitrogens with one attached hydrogen (secondary N) is 1. The predicted octanol–water partition coefficient (Wildman–Crippen LogP) is 7.88. The van der Waals surface area contributed by atoms with Crippen LogP contribution in [0.15, 0.2) is 66.5 Å². The molecule has 1 aliphatic carbocycles. The van der Waals surface area contributed by atoms with Gasteiger partial charge in [0, 0.05) is 31.5 Å². The number of benzene rings is 2. The van der Waals surface area contributed by atoms with Crippen LogP contribution in [-0.4, -0.2) is 36.0 Å². The van der Waals surface area contributed by atoms with Crippen molar-refractivity contribution in [1.29, 1.82) is 0 Å². The normalized spacial score (nSPS) is 19.1. The van der Waals surface area contributed by atoms with Gasteiger partial charge in [0.1, 0.15) is 11.9 Å². The molecule has 1 fully saturated rings. The number of hydrogen-bond donors (Lipinski definition) is 1. The Balaban J connectivity index is 1.63. The van der Waals surface area contributed by atoms with E-state index in [4.69, 9.17) is 4.74 Å². The lowest BCUT2D eigenvalue weighted by Crippen LogP contribution is -2.44. The maximum Gasteiger partial charge on any atom is 0.125 e. The maximum absolute atomic E-state index is 5.45. The lowest BCUT2D eigenvalue weighted by atomic mass is 9.88. The van der Waals surface area contributed by atoms with E-state index in [0.717, 1.165) is 24.8 Å². The van der Waals surface area contributed by atoms with Crippen molar-refractivity contribution in [2.24, 2.45) is 5.92 Å². The molecule has 37 heavy (non-hydrogen) atoms. The van der Waals surface area contributed by atoms with Gasteiger partial charge in [-0.05, 0) is 54.9 Å². The molecular weight excluding hydrogens is 454 g/mol. The first-order chi connectivity index (χ1) is 18.2. The predicted molar refractivity (Wildman–Crippen MR) is 155 cm³/mol. The van der Waals surface area contributed by atoms with Crippen molar-refractivity contribution in [1.82, 2.24) is 15.1 Å². The molecule has 1 saturated carbocycles. The Morgan fingerprint density at radius 2 is 1.68 bits per heavy atom. The topological polar surface area (TPSA) is 27.7 Å². The molecule has 2 aromatic carbocycles. The molecule has 4 rings (SSSR count). The first kappa shape index (κ1) is 27.6. The molecule has 1 aliphatic heterocycles.